The Morgan fingerprint density at radius 3 is 3.00 bits per heavy atom. The van der Waals surface area contributed by atoms with Gasteiger partial charge in [0.15, 0.2) is 0 Å². The fourth-order valence-electron chi connectivity index (χ4n) is 2.22. The lowest BCUT2D eigenvalue weighted by molar-refractivity contribution is -0.0140. The van der Waals surface area contributed by atoms with Gasteiger partial charge in [-0.3, -0.25) is 0 Å². The lowest BCUT2D eigenvalue weighted by Gasteiger charge is -2.19. The molecule has 4 heteroatoms. The minimum atomic E-state index is 0.0817. The van der Waals surface area contributed by atoms with E-state index in [2.05, 4.69) is 36.5 Å². The van der Waals surface area contributed by atoms with Crippen LogP contribution in [-0.4, -0.2) is 29.8 Å². The lowest BCUT2D eigenvalue weighted by Crippen LogP contribution is -2.30. The van der Waals surface area contributed by atoms with Crippen LogP contribution in [-0.2, 0) is 11.2 Å². The van der Waals surface area contributed by atoms with Crippen LogP contribution >= 0.6 is 11.3 Å². The van der Waals surface area contributed by atoms with Crippen molar-refractivity contribution in [3.63, 3.8) is 0 Å². The summed E-state index contributed by atoms with van der Waals surface area (Å²) in [6.07, 6.45) is 3.75. The molecular formula is C13H22N2OS. The highest BCUT2D eigenvalue weighted by Crippen LogP contribution is 2.28. The number of aromatic nitrogens is 1. The second-order valence-corrected chi connectivity index (χ2v) is 6.41. The molecule has 1 aliphatic heterocycles. The molecule has 1 unspecified atom stereocenters. The first kappa shape index (κ1) is 13.0. The first-order valence-corrected chi connectivity index (χ1v) is 7.23. The lowest BCUT2D eigenvalue weighted by atomic mass is 10.1. The van der Waals surface area contributed by atoms with Gasteiger partial charge < -0.3 is 10.1 Å². The van der Waals surface area contributed by atoms with Crippen molar-refractivity contribution in [2.24, 2.45) is 0 Å². The van der Waals surface area contributed by atoms with E-state index in [1.807, 2.05) is 0 Å². The van der Waals surface area contributed by atoms with Gasteiger partial charge in [-0.05, 0) is 33.6 Å². The number of rotatable bonds is 5. The minimum absolute atomic E-state index is 0.0817. The topological polar surface area (TPSA) is 34.2 Å². The molecule has 0 aromatic carbocycles. The molecule has 1 aromatic heterocycles. The van der Waals surface area contributed by atoms with Crippen LogP contribution in [0.5, 0.6) is 0 Å². The van der Waals surface area contributed by atoms with E-state index in [-0.39, 0.29) is 5.60 Å². The first-order valence-electron chi connectivity index (χ1n) is 6.35. The van der Waals surface area contributed by atoms with Gasteiger partial charge in [-0.15, -0.1) is 11.3 Å². The number of thiazole rings is 1. The zero-order chi connectivity index (χ0) is 12.3. The van der Waals surface area contributed by atoms with Crippen LogP contribution in [0.1, 0.15) is 37.4 Å². The van der Waals surface area contributed by atoms with Crippen LogP contribution in [0.25, 0.3) is 0 Å². The third kappa shape index (κ3) is 4.05. The third-order valence-corrected chi connectivity index (χ3v) is 3.97. The van der Waals surface area contributed by atoms with E-state index in [4.69, 9.17) is 4.74 Å². The van der Waals surface area contributed by atoms with Gasteiger partial charge in [-0.25, -0.2) is 4.98 Å². The van der Waals surface area contributed by atoms with E-state index in [1.165, 1.54) is 18.5 Å². The number of hydrogen-bond acceptors (Lipinski definition) is 4. The van der Waals surface area contributed by atoms with Crippen LogP contribution in [0.3, 0.4) is 0 Å². The number of ether oxygens (including phenoxy) is 1. The summed E-state index contributed by atoms with van der Waals surface area (Å²) < 4.78 is 5.93. The SMILES string of the molecule is Cc1nc(CCNCC2CCC(C)(C)O2)cs1. The van der Waals surface area contributed by atoms with Gasteiger partial charge in [0.05, 0.1) is 22.4 Å². The average Bonchev–Trinajstić information content (AvgIpc) is 2.80. The zero-order valence-electron chi connectivity index (χ0n) is 11.0. The van der Waals surface area contributed by atoms with Gasteiger partial charge in [0, 0.05) is 24.9 Å². The molecule has 3 nitrogen and oxygen atoms in total. The molecule has 1 atom stereocenters. The molecule has 0 bridgehead atoms. The molecule has 0 saturated carbocycles. The van der Waals surface area contributed by atoms with Crippen LogP contribution < -0.4 is 5.32 Å². The summed E-state index contributed by atoms with van der Waals surface area (Å²) in [4.78, 5) is 4.45. The molecule has 1 aromatic rings. The summed E-state index contributed by atoms with van der Waals surface area (Å²) in [5, 5.41) is 6.76. The predicted molar refractivity (Wildman–Crippen MR) is 71.6 cm³/mol. The number of nitrogens with zero attached hydrogens (tertiary/aromatic N) is 1. The Morgan fingerprint density at radius 1 is 1.59 bits per heavy atom. The molecule has 1 saturated heterocycles. The Morgan fingerprint density at radius 2 is 2.41 bits per heavy atom. The largest absolute Gasteiger partial charge is 0.371 e. The first-order chi connectivity index (χ1) is 8.05. The molecule has 1 fully saturated rings. The van der Waals surface area contributed by atoms with Crippen LogP contribution in [0.15, 0.2) is 5.38 Å². The van der Waals surface area contributed by atoms with Gasteiger partial charge in [0.2, 0.25) is 0 Å². The maximum atomic E-state index is 5.93. The highest BCUT2D eigenvalue weighted by molar-refractivity contribution is 7.09. The molecular weight excluding hydrogens is 232 g/mol. The predicted octanol–water partition coefficient (Wildman–Crippen LogP) is 2.54. The zero-order valence-corrected chi connectivity index (χ0v) is 11.8. The van der Waals surface area contributed by atoms with E-state index in [1.54, 1.807) is 11.3 Å². The van der Waals surface area contributed by atoms with Crippen LogP contribution in [0, 0.1) is 6.92 Å². The Balaban J connectivity index is 1.61. The van der Waals surface area contributed by atoms with Crippen molar-refractivity contribution < 1.29 is 4.74 Å². The Kier molecular flexibility index (Phi) is 4.17. The maximum Gasteiger partial charge on any atom is 0.0897 e. The molecule has 17 heavy (non-hydrogen) atoms. The van der Waals surface area contributed by atoms with Gasteiger partial charge >= 0.3 is 0 Å². The molecule has 96 valence electrons. The van der Waals surface area contributed by atoms with E-state index in [0.29, 0.717) is 6.10 Å². The smallest absolute Gasteiger partial charge is 0.0897 e. The monoisotopic (exact) mass is 254 g/mol. The molecule has 2 heterocycles. The highest BCUT2D eigenvalue weighted by Gasteiger charge is 2.30. The normalized spacial score (nSPS) is 23.1. The van der Waals surface area contributed by atoms with E-state index >= 15 is 0 Å². The quantitative estimate of drug-likeness (QED) is 0.820. The van der Waals surface area contributed by atoms with Crippen molar-refractivity contribution >= 4 is 11.3 Å². The van der Waals surface area contributed by atoms with Crippen molar-refractivity contribution in [3.8, 4) is 0 Å². The molecule has 0 radical (unpaired) electrons. The van der Waals surface area contributed by atoms with E-state index in [9.17, 15) is 0 Å². The Bertz CT molecular complexity index is 362. The van der Waals surface area contributed by atoms with Gasteiger partial charge in [-0.1, -0.05) is 0 Å². The number of hydrogen-bond donors (Lipinski definition) is 1. The fraction of sp³-hybridized carbons (Fsp3) is 0.769. The molecule has 0 spiro atoms. The summed E-state index contributed by atoms with van der Waals surface area (Å²) in [6, 6.07) is 0. The average molecular weight is 254 g/mol. The summed E-state index contributed by atoms with van der Waals surface area (Å²) in [7, 11) is 0. The second-order valence-electron chi connectivity index (χ2n) is 5.35. The molecule has 2 rings (SSSR count). The summed E-state index contributed by atoms with van der Waals surface area (Å²) in [5.74, 6) is 0. The van der Waals surface area contributed by atoms with Crippen molar-refractivity contribution in [3.05, 3.63) is 16.1 Å². The van der Waals surface area contributed by atoms with Crippen molar-refractivity contribution in [2.75, 3.05) is 13.1 Å². The number of aryl methyl sites for hydroxylation is 1. The fourth-order valence-corrected chi connectivity index (χ4v) is 2.87. The summed E-state index contributed by atoms with van der Waals surface area (Å²) in [6.45, 7) is 8.35. The van der Waals surface area contributed by atoms with Crippen molar-refractivity contribution in [1.82, 2.24) is 10.3 Å². The third-order valence-electron chi connectivity index (χ3n) is 3.15. The minimum Gasteiger partial charge on any atom is -0.371 e. The van der Waals surface area contributed by atoms with Crippen LogP contribution in [0.2, 0.25) is 0 Å². The van der Waals surface area contributed by atoms with Crippen LogP contribution in [0.4, 0.5) is 0 Å². The molecule has 0 aliphatic carbocycles. The highest BCUT2D eigenvalue weighted by atomic mass is 32.1. The standard InChI is InChI=1S/C13H22N2OS/c1-10-15-11(9-17-10)5-7-14-8-12-4-6-13(2,3)16-12/h9,12,14H,4-8H2,1-3H3. The summed E-state index contributed by atoms with van der Waals surface area (Å²) in [5.41, 5.74) is 1.28. The molecule has 1 aliphatic rings. The van der Waals surface area contributed by atoms with Gasteiger partial charge in [0.25, 0.3) is 0 Å². The molecule has 0 amide bonds. The molecule has 1 N–H and O–H groups in total. The van der Waals surface area contributed by atoms with Crippen molar-refractivity contribution in [1.29, 1.82) is 0 Å². The summed E-state index contributed by atoms with van der Waals surface area (Å²) >= 11 is 1.72. The van der Waals surface area contributed by atoms with Gasteiger partial charge in [-0.2, -0.15) is 0 Å². The Hall–Kier alpha value is -0.450. The Labute approximate surface area is 108 Å². The second kappa shape index (κ2) is 5.46. The number of nitrogens with one attached hydrogen (secondary N) is 1. The van der Waals surface area contributed by atoms with E-state index in [0.717, 1.165) is 24.5 Å². The van der Waals surface area contributed by atoms with Gasteiger partial charge in [0.1, 0.15) is 0 Å². The van der Waals surface area contributed by atoms with E-state index < -0.39 is 0 Å². The maximum absolute atomic E-state index is 5.93. The van der Waals surface area contributed by atoms with Crippen molar-refractivity contribution in [2.45, 2.75) is 51.7 Å².